The number of sulfonamides is 1. The molecule has 4 nitrogen and oxygen atoms in total. The molecule has 0 radical (unpaired) electrons. The van der Waals surface area contributed by atoms with Gasteiger partial charge in [-0.15, -0.1) is 11.3 Å². The van der Waals surface area contributed by atoms with Gasteiger partial charge in [0.15, 0.2) is 0 Å². The van der Waals surface area contributed by atoms with Crippen LogP contribution in [0.25, 0.3) is 10.1 Å². The van der Waals surface area contributed by atoms with Gasteiger partial charge in [0.1, 0.15) is 4.90 Å². The van der Waals surface area contributed by atoms with E-state index < -0.39 is 10.0 Å². The highest BCUT2D eigenvalue weighted by Crippen LogP contribution is 2.36. The molecular formula is C14H20N2O2S2. The van der Waals surface area contributed by atoms with Crippen LogP contribution >= 0.6 is 11.3 Å². The second-order valence-electron chi connectivity index (χ2n) is 4.71. The first-order valence-electron chi connectivity index (χ1n) is 6.63. The molecule has 6 heteroatoms. The highest BCUT2D eigenvalue weighted by Gasteiger charge is 2.27. The molecule has 0 spiro atoms. The molecule has 20 heavy (non-hydrogen) atoms. The van der Waals surface area contributed by atoms with Gasteiger partial charge < -0.3 is 5.32 Å². The monoisotopic (exact) mass is 312 g/mol. The van der Waals surface area contributed by atoms with E-state index in [1.165, 1.54) is 4.31 Å². The first-order chi connectivity index (χ1) is 9.52. The predicted molar refractivity (Wildman–Crippen MR) is 84.7 cm³/mol. The Labute approximate surface area is 124 Å². The molecule has 0 aliphatic rings. The standard InChI is InChI=1S/C14H20N2O2S2/c1-4-9-16(3)20(17,18)14-11-7-5-6-8-12(11)19-13(14)10-15-2/h5-8,15H,4,9-10H2,1-3H3. The fourth-order valence-corrected chi connectivity index (χ4v) is 5.39. The average Bonchev–Trinajstić information content (AvgIpc) is 2.78. The highest BCUT2D eigenvalue weighted by molar-refractivity contribution is 7.89. The molecule has 0 amide bonds. The Morgan fingerprint density at radius 2 is 2.00 bits per heavy atom. The minimum absolute atomic E-state index is 0.461. The molecule has 1 heterocycles. The summed E-state index contributed by atoms with van der Waals surface area (Å²) in [5, 5.41) is 3.88. The average molecular weight is 312 g/mol. The third-order valence-electron chi connectivity index (χ3n) is 3.16. The molecule has 0 fully saturated rings. The van der Waals surface area contributed by atoms with Crippen molar-refractivity contribution in [2.75, 3.05) is 20.6 Å². The first kappa shape index (κ1) is 15.4. The van der Waals surface area contributed by atoms with E-state index in [0.717, 1.165) is 21.4 Å². The zero-order valence-electron chi connectivity index (χ0n) is 12.0. The van der Waals surface area contributed by atoms with E-state index in [1.54, 1.807) is 18.4 Å². The molecule has 1 aromatic heterocycles. The van der Waals surface area contributed by atoms with Crippen LogP contribution in [0, 0.1) is 0 Å². The largest absolute Gasteiger partial charge is 0.315 e. The number of thiophene rings is 1. The predicted octanol–water partition coefficient (Wildman–Crippen LogP) is 2.65. The van der Waals surface area contributed by atoms with Crippen molar-refractivity contribution in [2.45, 2.75) is 24.8 Å². The molecule has 110 valence electrons. The van der Waals surface area contributed by atoms with Crippen molar-refractivity contribution in [3.8, 4) is 0 Å². The number of nitrogens with zero attached hydrogens (tertiary/aromatic N) is 1. The fraction of sp³-hybridized carbons (Fsp3) is 0.429. The molecule has 0 aliphatic carbocycles. The Morgan fingerprint density at radius 1 is 1.30 bits per heavy atom. The second-order valence-corrected chi connectivity index (χ2v) is 7.83. The molecule has 0 aliphatic heterocycles. The van der Waals surface area contributed by atoms with Crippen molar-refractivity contribution in [1.29, 1.82) is 0 Å². The van der Waals surface area contributed by atoms with Crippen LogP contribution in [0.4, 0.5) is 0 Å². The van der Waals surface area contributed by atoms with Gasteiger partial charge in [0, 0.05) is 35.1 Å². The number of rotatable bonds is 6. The van der Waals surface area contributed by atoms with Gasteiger partial charge in [-0.25, -0.2) is 12.7 Å². The maximum atomic E-state index is 12.8. The van der Waals surface area contributed by atoms with Crippen molar-refractivity contribution in [1.82, 2.24) is 9.62 Å². The number of nitrogens with one attached hydrogen (secondary N) is 1. The summed E-state index contributed by atoms with van der Waals surface area (Å²) in [5.41, 5.74) is 0. The summed E-state index contributed by atoms with van der Waals surface area (Å²) in [6.45, 7) is 3.08. The van der Waals surface area contributed by atoms with E-state index in [9.17, 15) is 8.42 Å². The van der Waals surface area contributed by atoms with Gasteiger partial charge in [-0.05, 0) is 19.5 Å². The Morgan fingerprint density at radius 3 is 2.65 bits per heavy atom. The molecule has 2 aromatic rings. The highest BCUT2D eigenvalue weighted by atomic mass is 32.2. The van der Waals surface area contributed by atoms with Crippen molar-refractivity contribution in [3.05, 3.63) is 29.1 Å². The third kappa shape index (κ3) is 2.74. The number of hydrogen-bond donors (Lipinski definition) is 1. The van der Waals surface area contributed by atoms with Gasteiger partial charge in [-0.3, -0.25) is 0 Å². The summed E-state index contributed by atoms with van der Waals surface area (Å²) < 4.78 is 28.1. The Bertz CT molecular complexity index is 692. The maximum Gasteiger partial charge on any atom is 0.244 e. The topological polar surface area (TPSA) is 49.4 Å². The van der Waals surface area contributed by atoms with Gasteiger partial charge in [-0.1, -0.05) is 25.1 Å². The first-order valence-corrected chi connectivity index (χ1v) is 8.89. The lowest BCUT2D eigenvalue weighted by Gasteiger charge is -2.17. The molecular weight excluding hydrogens is 292 g/mol. The minimum atomic E-state index is -3.43. The summed E-state index contributed by atoms with van der Waals surface area (Å²) in [6, 6.07) is 7.68. The van der Waals surface area contributed by atoms with E-state index in [2.05, 4.69) is 5.32 Å². The normalized spacial score (nSPS) is 12.4. The summed E-state index contributed by atoms with van der Waals surface area (Å²) in [4.78, 5) is 1.33. The smallest absolute Gasteiger partial charge is 0.244 e. The number of benzene rings is 1. The van der Waals surface area contributed by atoms with E-state index >= 15 is 0 Å². The molecule has 1 N–H and O–H groups in total. The molecule has 0 saturated carbocycles. The van der Waals surface area contributed by atoms with Crippen LogP contribution in [0.5, 0.6) is 0 Å². The lowest BCUT2D eigenvalue weighted by molar-refractivity contribution is 0.468. The summed E-state index contributed by atoms with van der Waals surface area (Å²) >= 11 is 1.54. The number of fused-ring (bicyclic) bond motifs is 1. The van der Waals surface area contributed by atoms with E-state index in [1.807, 2.05) is 38.2 Å². The van der Waals surface area contributed by atoms with Crippen LogP contribution < -0.4 is 5.32 Å². The van der Waals surface area contributed by atoms with Gasteiger partial charge in [0.05, 0.1) is 0 Å². The second kappa shape index (κ2) is 6.22. The van der Waals surface area contributed by atoms with Crippen LogP contribution in [-0.4, -0.2) is 33.4 Å². The molecule has 0 bridgehead atoms. The molecule has 0 unspecified atom stereocenters. The van der Waals surface area contributed by atoms with Crippen LogP contribution in [0.1, 0.15) is 18.2 Å². The van der Waals surface area contributed by atoms with E-state index in [-0.39, 0.29) is 0 Å². The van der Waals surface area contributed by atoms with E-state index in [4.69, 9.17) is 0 Å². The summed E-state index contributed by atoms with van der Waals surface area (Å²) in [6.07, 6.45) is 0.805. The molecule has 2 rings (SSSR count). The lowest BCUT2D eigenvalue weighted by atomic mass is 10.2. The van der Waals surface area contributed by atoms with Crippen LogP contribution in [0.2, 0.25) is 0 Å². The quantitative estimate of drug-likeness (QED) is 0.892. The Hall–Kier alpha value is -0.950. The third-order valence-corrected chi connectivity index (χ3v) is 6.45. The van der Waals surface area contributed by atoms with Gasteiger partial charge in [0.2, 0.25) is 10.0 Å². The molecule has 1 aromatic carbocycles. The fourth-order valence-electron chi connectivity index (χ4n) is 2.22. The minimum Gasteiger partial charge on any atom is -0.315 e. The van der Waals surface area contributed by atoms with Crippen molar-refractivity contribution < 1.29 is 8.42 Å². The maximum absolute atomic E-state index is 12.8. The van der Waals surface area contributed by atoms with Crippen LogP contribution in [-0.2, 0) is 16.6 Å². The Balaban J connectivity index is 2.64. The molecule has 0 saturated heterocycles. The lowest BCUT2D eigenvalue weighted by Crippen LogP contribution is -2.28. The van der Waals surface area contributed by atoms with Crippen molar-refractivity contribution in [3.63, 3.8) is 0 Å². The van der Waals surface area contributed by atoms with Crippen molar-refractivity contribution in [2.24, 2.45) is 0 Å². The summed E-state index contributed by atoms with van der Waals surface area (Å²) in [7, 11) is 0.0437. The zero-order valence-corrected chi connectivity index (χ0v) is 13.6. The van der Waals surface area contributed by atoms with Crippen molar-refractivity contribution >= 4 is 31.4 Å². The number of hydrogen-bond acceptors (Lipinski definition) is 4. The SMILES string of the molecule is CCCN(C)S(=O)(=O)c1c(CNC)sc2ccccc12. The van der Waals surface area contributed by atoms with Gasteiger partial charge in [0.25, 0.3) is 0 Å². The Kier molecular flexibility index (Phi) is 4.80. The van der Waals surface area contributed by atoms with Crippen LogP contribution in [0.15, 0.2) is 29.2 Å². The molecule has 0 atom stereocenters. The van der Waals surface area contributed by atoms with Crippen LogP contribution in [0.3, 0.4) is 0 Å². The van der Waals surface area contributed by atoms with Gasteiger partial charge in [-0.2, -0.15) is 0 Å². The summed E-state index contributed by atoms with van der Waals surface area (Å²) in [5.74, 6) is 0. The van der Waals surface area contributed by atoms with Gasteiger partial charge >= 0.3 is 0 Å². The van der Waals surface area contributed by atoms with E-state index in [0.29, 0.717) is 18.0 Å². The zero-order chi connectivity index (χ0) is 14.8.